The van der Waals surface area contributed by atoms with Crippen molar-refractivity contribution in [2.24, 2.45) is 0 Å². The molecule has 0 rings (SSSR count). The van der Waals surface area contributed by atoms with Gasteiger partial charge in [0.05, 0.1) is 19.6 Å². The van der Waals surface area contributed by atoms with Crippen LogP contribution in [0.2, 0.25) is 0 Å². The number of ether oxygens (including phenoxy) is 2. The largest absolute Gasteiger partial charge is 0.351 e. The van der Waals surface area contributed by atoms with Gasteiger partial charge in [-0.25, -0.2) is 0 Å². The second-order valence-corrected chi connectivity index (χ2v) is 4.00. The van der Waals surface area contributed by atoms with Crippen molar-refractivity contribution in [3.05, 3.63) is 0 Å². The van der Waals surface area contributed by atoms with Gasteiger partial charge in [0.15, 0.2) is 6.29 Å². The van der Waals surface area contributed by atoms with Gasteiger partial charge in [0.1, 0.15) is 0 Å². The lowest BCUT2D eigenvalue weighted by Gasteiger charge is -2.15. The van der Waals surface area contributed by atoms with Gasteiger partial charge in [0, 0.05) is 32.1 Å². The van der Waals surface area contributed by atoms with Gasteiger partial charge in [-0.2, -0.15) is 0 Å². The summed E-state index contributed by atoms with van der Waals surface area (Å²) >= 11 is 0. The Bertz CT molecular complexity index is 364. The molecule has 0 fully saturated rings. The highest BCUT2D eigenvalue weighted by molar-refractivity contribution is 5.00. The lowest BCUT2D eigenvalue weighted by atomic mass is 10.3. The van der Waals surface area contributed by atoms with Gasteiger partial charge in [0.2, 0.25) is 0 Å². The highest BCUT2D eigenvalue weighted by Gasteiger charge is 2.06. The van der Waals surface area contributed by atoms with Crippen molar-refractivity contribution in [2.45, 2.75) is 65.6 Å². The topological polar surface area (TPSA) is 18.5 Å². The third kappa shape index (κ3) is 13.0. The number of hydrogen-bond donors (Lipinski definition) is 0. The summed E-state index contributed by atoms with van der Waals surface area (Å²) in [5.41, 5.74) is 0. The Morgan fingerprint density at radius 3 is 1.55 bits per heavy atom. The normalized spacial score (nSPS) is 9.00. The van der Waals surface area contributed by atoms with Crippen molar-refractivity contribution in [3.8, 4) is 35.5 Å². The van der Waals surface area contributed by atoms with E-state index in [1.165, 1.54) is 0 Å². The fourth-order valence-electron chi connectivity index (χ4n) is 1.36. The predicted molar refractivity (Wildman–Crippen MR) is 83.7 cm³/mol. The fraction of sp³-hybridized carbons (Fsp3) is 0.667. The molecule has 0 N–H and O–H groups in total. The standard InChI is InChI=1S/C18H26O2/c1-4-7-10-13-16-19-18(15-12-9-6-3)20-17-14-11-8-5-2/h18H,4-6,13-17H2,1-3H3. The molecule has 0 bridgehead atoms. The van der Waals surface area contributed by atoms with Crippen molar-refractivity contribution >= 4 is 0 Å². The molecule has 0 radical (unpaired) electrons. The van der Waals surface area contributed by atoms with Gasteiger partial charge in [-0.1, -0.05) is 26.7 Å². The summed E-state index contributed by atoms with van der Waals surface area (Å²) in [5.74, 6) is 18.3. The van der Waals surface area contributed by atoms with Gasteiger partial charge in [-0.15, -0.1) is 29.6 Å². The summed E-state index contributed by atoms with van der Waals surface area (Å²) in [6, 6.07) is 0. The van der Waals surface area contributed by atoms with Crippen molar-refractivity contribution in [1.29, 1.82) is 0 Å². The smallest absolute Gasteiger partial charge is 0.168 e. The maximum absolute atomic E-state index is 5.67. The average Bonchev–Trinajstić information content (AvgIpc) is 2.46. The van der Waals surface area contributed by atoms with Gasteiger partial charge >= 0.3 is 0 Å². The number of rotatable bonds is 7. The van der Waals surface area contributed by atoms with Crippen LogP contribution in [0.15, 0.2) is 0 Å². The molecule has 0 aliphatic carbocycles. The lowest BCUT2D eigenvalue weighted by molar-refractivity contribution is -0.136. The molecular formula is C18H26O2. The van der Waals surface area contributed by atoms with Gasteiger partial charge < -0.3 is 9.47 Å². The van der Waals surface area contributed by atoms with Crippen LogP contribution in [0.5, 0.6) is 0 Å². The first-order valence-electron chi connectivity index (χ1n) is 7.45. The minimum Gasteiger partial charge on any atom is -0.351 e. The molecule has 0 aliphatic heterocycles. The molecule has 0 aromatic carbocycles. The van der Waals surface area contributed by atoms with E-state index in [-0.39, 0.29) is 6.29 Å². The summed E-state index contributed by atoms with van der Waals surface area (Å²) in [6.45, 7) is 7.29. The van der Waals surface area contributed by atoms with Crippen LogP contribution in [0.25, 0.3) is 0 Å². The molecule has 0 atom stereocenters. The van der Waals surface area contributed by atoms with E-state index in [1.807, 2.05) is 20.8 Å². The maximum Gasteiger partial charge on any atom is 0.168 e. The minimum absolute atomic E-state index is 0.263. The van der Waals surface area contributed by atoms with E-state index in [2.05, 4.69) is 35.5 Å². The van der Waals surface area contributed by atoms with Crippen LogP contribution in [-0.2, 0) is 9.47 Å². The monoisotopic (exact) mass is 274 g/mol. The SMILES string of the molecule is CCC#CCCOC(CC#CCC)OCCC#CCC. The summed E-state index contributed by atoms with van der Waals surface area (Å²) in [5, 5.41) is 0. The van der Waals surface area contributed by atoms with Crippen molar-refractivity contribution < 1.29 is 9.47 Å². The molecule has 2 nitrogen and oxygen atoms in total. The fourth-order valence-corrected chi connectivity index (χ4v) is 1.36. The van der Waals surface area contributed by atoms with Gasteiger partial charge in [0.25, 0.3) is 0 Å². The first kappa shape index (κ1) is 18.6. The maximum atomic E-state index is 5.67. The predicted octanol–water partition coefficient (Wildman–Crippen LogP) is 3.76. The molecule has 0 saturated carbocycles. The number of hydrogen-bond acceptors (Lipinski definition) is 2. The first-order valence-corrected chi connectivity index (χ1v) is 7.45. The van der Waals surface area contributed by atoms with Crippen LogP contribution in [0.4, 0.5) is 0 Å². The molecule has 0 aromatic rings. The van der Waals surface area contributed by atoms with Crippen molar-refractivity contribution in [1.82, 2.24) is 0 Å². The molecule has 0 amide bonds. The summed E-state index contributed by atoms with van der Waals surface area (Å²) in [7, 11) is 0. The van der Waals surface area contributed by atoms with E-state index in [0.717, 1.165) is 32.1 Å². The van der Waals surface area contributed by atoms with Gasteiger partial charge in [-0.05, 0) is 0 Å². The van der Waals surface area contributed by atoms with Crippen LogP contribution < -0.4 is 0 Å². The van der Waals surface area contributed by atoms with E-state index >= 15 is 0 Å². The molecular weight excluding hydrogens is 248 g/mol. The first-order chi connectivity index (χ1) is 9.85. The Morgan fingerprint density at radius 2 is 1.10 bits per heavy atom. The average molecular weight is 274 g/mol. The van der Waals surface area contributed by atoms with Crippen molar-refractivity contribution in [2.75, 3.05) is 13.2 Å². The Morgan fingerprint density at radius 1 is 0.650 bits per heavy atom. The highest BCUT2D eigenvalue weighted by Crippen LogP contribution is 2.02. The van der Waals surface area contributed by atoms with Crippen LogP contribution in [0, 0.1) is 35.5 Å². The van der Waals surface area contributed by atoms with Crippen LogP contribution in [0.1, 0.15) is 59.3 Å². The molecule has 0 heterocycles. The van der Waals surface area contributed by atoms with E-state index in [4.69, 9.17) is 9.47 Å². The van der Waals surface area contributed by atoms with Crippen LogP contribution in [-0.4, -0.2) is 19.5 Å². The second-order valence-electron chi connectivity index (χ2n) is 4.00. The summed E-state index contributed by atoms with van der Waals surface area (Å²) < 4.78 is 11.3. The highest BCUT2D eigenvalue weighted by atomic mass is 16.7. The molecule has 2 heteroatoms. The zero-order valence-electron chi connectivity index (χ0n) is 13.1. The second kappa shape index (κ2) is 15.7. The molecule has 0 unspecified atom stereocenters. The molecule has 0 saturated heterocycles. The van der Waals surface area contributed by atoms with E-state index in [9.17, 15) is 0 Å². The zero-order chi connectivity index (χ0) is 14.9. The van der Waals surface area contributed by atoms with Crippen LogP contribution >= 0.6 is 0 Å². The Labute approximate surface area is 124 Å². The Kier molecular flexibility index (Phi) is 14.6. The summed E-state index contributed by atoms with van der Waals surface area (Å²) in [4.78, 5) is 0. The van der Waals surface area contributed by atoms with E-state index < -0.39 is 0 Å². The van der Waals surface area contributed by atoms with Gasteiger partial charge in [-0.3, -0.25) is 0 Å². The minimum atomic E-state index is -0.263. The molecule has 0 aromatic heterocycles. The van der Waals surface area contributed by atoms with E-state index in [1.54, 1.807) is 0 Å². The quantitative estimate of drug-likeness (QED) is 0.400. The molecule has 0 aliphatic rings. The van der Waals surface area contributed by atoms with Crippen LogP contribution in [0.3, 0.4) is 0 Å². The molecule has 0 spiro atoms. The Hall–Kier alpha value is -1.40. The third-order valence-corrected chi connectivity index (χ3v) is 2.24. The molecule has 110 valence electrons. The zero-order valence-corrected chi connectivity index (χ0v) is 13.1. The van der Waals surface area contributed by atoms with E-state index in [0.29, 0.717) is 19.6 Å². The van der Waals surface area contributed by atoms with Crippen molar-refractivity contribution in [3.63, 3.8) is 0 Å². The lowest BCUT2D eigenvalue weighted by Crippen LogP contribution is -2.18. The third-order valence-electron chi connectivity index (χ3n) is 2.24. The summed E-state index contributed by atoms with van der Waals surface area (Å²) in [6.07, 6.45) is 4.46. The Balaban J connectivity index is 3.99. The molecule has 20 heavy (non-hydrogen) atoms.